The minimum atomic E-state index is -3.29. The highest BCUT2D eigenvalue weighted by molar-refractivity contribution is 8.07. The molecule has 0 saturated carbocycles. The van der Waals surface area contributed by atoms with Crippen LogP contribution in [0.5, 0.6) is 0 Å². The van der Waals surface area contributed by atoms with Crippen LogP contribution in [0.3, 0.4) is 0 Å². The van der Waals surface area contributed by atoms with E-state index in [1.165, 1.54) is 29.4 Å². The fraction of sp³-hybridized carbons (Fsp3) is 0.421. The first-order chi connectivity index (χ1) is 16.3. The van der Waals surface area contributed by atoms with Gasteiger partial charge >= 0.3 is 6.72 Å². The van der Waals surface area contributed by atoms with Crippen LogP contribution >= 0.6 is 18.3 Å². The Balaban J connectivity index is 1.28. The number of aliphatic hydroxyl groups excluding tert-OH is 2. The minimum Gasteiger partial charge on any atom is -0.387 e. The van der Waals surface area contributed by atoms with Gasteiger partial charge in [0.05, 0.1) is 25.6 Å². The van der Waals surface area contributed by atoms with Gasteiger partial charge < -0.3 is 34.3 Å². The zero-order valence-corrected chi connectivity index (χ0v) is 19.9. The summed E-state index contributed by atoms with van der Waals surface area (Å²) < 4.78 is 38.8. The van der Waals surface area contributed by atoms with E-state index in [1.807, 2.05) is 0 Å². The predicted molar refractivity (Wildman–Crippen MR) is 122 cm³/mol. The average Bonchev–Trinajstić information content (AvgIpc) is 3.35. The number of halogens is 2. The van der Waals surface area contributed by atoms with Crippen LogP contribution in [-0.4, -0.2) is 61.3 Å². The molecular weight excluding hydrogens is 512 g/mol. The third-order valence-electron chi connectivity index (χ3n) is 5.59. The SMILES string of the molecule is Nc1ncnc2c1ncn2[C@@H]1O[C@H](COP2(=S)OCC[C@H](c3ccc(Cl)cc3F)O2)[C@@H](O)[C@H]1O. The molecule has 2 aliphatic heterocycles. The van der Waals surface area contributed by atoms with Crippen molar-refractivity contribution in [1.29, 1.82) is 0 Å². The Bertz CT molecular complexity index is 1270. The Hall–Kier alpha value is -1.80. The highest BCUT2D eigenvalue weighted by atomic mass is 35.5. The first-order valence-electron chi connectivity index (χ1n) is 10.2. The summed E-state index contributed by atoms with van der Waals surface area (Å²) in [4.78, 5) is 12.1. The van der Waals surface area contributed by atoms with Gasteiger partial charge in [-0.1, -0.05) is 17.7 Å². The number of nitrogens with zero attached hydrogens (tertiary/aromatic N) is 4. The Kier molecular flexibility index (Phi) is 6.57. The van der Waals surface area contributed by atoms with Crippen LogP contribution in [0.2, 0.25) is 5.02 Å². The predicted octanol–water partition coefficient (Wildman–Crippen LogP) is 2.24. The van der Waals surface area contributed by atoms with E-state index in [1.54, 1.807) is 6.07 Å². The standard InChI is InChI=1S/C19H20ClFN5O6PS/c20-9-1-2-10(11(21)5-9)12-3-4-29-33(34,32-12)30-6-13-15(27)16(28)19(31-13)26-8-25-14-17(22)23-7-24-18(14)26/h1-2,5,7-8,12-13,15-16,19,27-28H,3-4,6H2,(H2,22,23,24)/t12-,13-,15-,16-,19-,33?/m1/s1. The fourth-order valence-electron chi connectivity index (χ4n) is 3.87. The Morgan fingerprint density at radius 2 is 2.12 bits per heavy atom. The van der Waals surface area contributed by atoms with Gasteiger partial charge in [-0.3, -0.25) is 4.57 Å². The number of aromatic nitrogens is 4. The number of nitrogen functional groups attached to an aromatic ring is 1. The van der Waals surface area contributed by atoms with Crippen LogP contribution in [0.15, 0.2) is 30.9 Å². The molecular formula is C19H20ClFN5O6PS. The second kappa shape index (κ2) is 9.34. The summed E-state index contributed by atoms with van der Waals surface area (Å²) in [7, 11) is 0. The molecule has 0 aliphatic carbocycles. The highest BCUT2D eigenvalue weighted by Gasteiger charge is 2.45. The first kappa shape index (κ1) is 23.9. The molecule has 6 atom stereocenters. The maximum Gasteiger partial charge on any atom is 0.327 e. The number of benzene rings is 1. The molecule has 2 aromatic heterocycles. The minimum absolute atomic E-state index is 0.174. The molecule has 15 heteroatoms. The summed E-state index contributed by atoms with van der Waals surface area (Å²) in [5, 5.41) is 21.4. The summed E-state index contributed by atoms with van der Waals surface area (Å²) in [6.45, 7) is -3.32. The van der Waals surface area contributed by atoms with Gasteiger partial charge in [0, 0.05) is 17.0 Å². The molecule has 0 radical (unpaired) electrons. The molecule has 4 N–H and O–H groups in total. The molecule has 5 rings (SSSR count). The molecule has 4 heterocycles. The maximum atomic E-state index is 14.4. The monoisotopic (exact) mass is 531 g/mol. The van der Waals surface area contributed by atoms with Crippen LogP contribution in [0.4, 0.5) is 10.2 Å². The van der Waals surface area contributed by atoms with Crippen LogP contribution in [0.25, 0.3) is 11.2 Å². The number of hydrogen-bond acceptors (Lipinski definition) is 11. The van der Waals surface area contributed by atoms with Gasteiger partial charge in [0.25, 0.3) is 0 Å². The van der Waals surface area contributed by atoms with E-state index in [9.17, 15) is 14.6 Å². The average molecular weight is 532 g/mol. The topological polar surface area (TPSA) is 147 Å². The molecule has 0 spiro atoms. The van der Waals surface area contributed by atoms with Crippen molar-refractivity contribution in [2.75, 3.05) is 18.9 Å². The second-order valence-corrected chi connectivity index (χ2v) is 11.2. The summed E-state index contributed by atoms with van der Waals surface area (Å²) in [5.74, 6) is -0.341. The van der Waals surface area contributed by atoms with Gasteiger partial charge in [0.2, 0.25) is 0 Å². The number of aliphatic hydroxyl groups is 2. The van der Waals surface area contributed by atoms with E-state index in [4.69, 9.17) is 47.4 Å². The van der Waals surface area contributed by atoms with Crippen molar-refractivity contribution in [2.45, 2.75) is 37.1 Å². The smallest absolute Gasteiger partial charge is 0.327 e. The third-order valence-corrected chi connectivity index (χ3v) is 8.19. The summed E-state index contributed by atoms with van der Waals surface area (Å²) in [6.07, 6.45) is -2.24. The van der Waals surface area contributed by atoms with Gasteiger partial charge in [-0.05, 0) is 23.9 Å². The van der Waals surface area contributed by atoms with Crippen LogP contribution in [0, 0.1) is 5.82 Å². The van der Waals surface area contributed by atoms with Gasteiger partial charge in [-0.15, -0.1) is 0 Å². The number of anilines is 1. The van der Waals surface area contributed by atoms with Gasteiger partial charge in [0.1, 0.15) is 36.0 Å². The zero-order chi connectivity index (χ0) is 24.0. The van der Waals surface area contributed by atoms with Crippen molar-refractivity contribution in [1.82, 2.24) is 19.5 Å². The molecule has 2 fully saturated rings. The fourth-order valence-corrected chi connectivity index (χ4v) is 6.13. The molecule has 3 aromatic rings. The molecule has 2 aliphatic rings. The molecule has 0 bridgehead atoms. The molecule has 34 heavy (non-hydrogen) atoms. The molecule has 1 unspecified atom stereocenters. The van der Waals surface area contributed by atoms with Crippen molar-refractivity contribution in [3.05, 3.63) is 47.3 Å². The number of fused-ring (bicyclic) bond motifs is 1. The van der Waals surface area contributed by atoms with Crippen molar-refractivity contribution in [2.24, 2.45) is 0 Å². The maximum absolute atomic E-state index is 14.4. The van der Waals surface area contributed by atoms with E-state index in [2.05, 4.69) is 15.0 Å². The van der Waals surface area contributed by atoms with Crippen molar-refractivity contribution >= 4 is 47.1 Å². The third kappa shape index (κ3) is 4.43. The summed E-state index contributed by atoms with van der Waals surface area (Å²) in [6, 6.07) is 4.29. The van der Waals surface area contributed by atoms with E-state index < -0.39 is 43.2 Å². The summed E-state index contributed by atoms with van der Waals surface area (Å²) in [5.41, 5.74) is 6.78. The van der Waals surface area contributed by atoms with Crippen molar-refractivity contribution in [3.8, 4) is 0 Å². The highest BCUT2D eigenvalue weighted by Crippen LogP contribution is 2.57. The van der Waals surface area contributed by atoms with Crippen molar-refractivity contribution < 1.29 is 32.9 Å². The molecule has 2 saturated heterocycles. The largest absolute Gasteiger partial charge is 0.387 e. The normalized spacial score (nSPS) is 31.8. The first-order valence-corrected chi connectivity index (χ1v) is 13.2. The molecule has 0 amide bonds. The van der Waals surface area contributed by atoms with E-state index in [-0.39, 0.29) is 24.1 Å². The van der Waals surface area contributed by atoms with Gasteiger partial charge in [-0.2, -0.15) is 0 Å². The summed E-state index contributed by atoms with van der Waals surface area (Å²) >= 11 is 11.3. The number of hydrogen-bond donors (Lipinski definition) is 3. The number of rotatable bonds is 5. The molecule has 182 valence electrons. The lowest BCUT2D eigenvalue weighted by Crippen LogP contribution is -2.34. The Morgan fingerprint density at radius 3 is 2.91 bits per heavy atom. The molecule has 11 nitrogen and oxygen atoms in total. The van der Waals surface area contributed by atoms with E-state index in [0.717, 1.165) is 0 Å². The zero-order valence-electron chi connectivity index (χ0n) is 17.4. The van der Waals surface area contributed by atoms with Gasteiger partial charge in [-0.25, -0.2) is 19.3 Å². The van der Waals surface area contributed by atoms with Crippen molar-refractivity contribution in [3.63, 3.8) is 0 Å². The Labute approximate surface area is 202 Å². The van der Waals surface area contributed by atoms with Gasteiger partial charge in [0.15, 0.2) is 17.7 Å². The lowest BCUT2D eigenvalue weighted by molar-refractivity contribution is -0.0533. The van der Waals surface area contributed by atoms with Crippen LogP contribution < -0.4 is 5.73 Å². The quantitative estimate of drug-likeness (QED) is 0.416. The second-order valence-electron chi connectivity index (χ2n) is 7.75. The molecule has 1 aromatic carbocycles. The van der Waals surface area contributed by atoms with Crippen LogP contribution in [0.1, 0.15) is 24.3 Å². The number of nitrogens with two attached hydrogens (primary N) is 1. The van der Waals surface area contributed by atoms with Crippen LogP contribution in [-0.2, 0) is 30.1 Å². The Morgan fingerprint density at radius 1 is 1.29 bits per heavy atom. The lowest BCUT2D eigenvalue weighted by atomic mass is 10.1. The lowest BCUT2D eigenvalue weighted by Gasteiger charge is -2.32. The van der Waals surface area contributed by atoms with E-state index >= 15 is 0 Å². The number of ether oxygens (including phenoxy) is 1. The number of imidazole rings is 1. The van der Waals surface area contributed by atoms with E-state index in [0.29, 0.717) is 23.1 Å².